The van der Waals surface area contributed by atoms with E-state index < -0.39 is 0 Å². The first-order valence-corrected chi connectivity index (χ1v) is 17.7. The van der Waals surface area contributed by atoms with E-state index in [4.69, 9.17) is 20.2 Å². The molecule has 0 saturated carbocycles. The number of hydrogen-bond donors (Lipinski definition) is 2. The maximum atomic E-state index is 8.70. The Morgan fingerprint density at radius 3 is 1.07 bits per heavy atom. The first kappa shape index (κ1) is 43.2. The van der Waals surface area contributed by atoms with Gasteiger partial charge in [0.1, 0.15) is 23.3 Å². The van der Waals surface area contributed by atoms with Gasteiger partial charge in [0, 0.05) is 23.5 Å². The molecule has 4 aromatic heterocycles. The number of aromatic hydroxyl groups is 2. The molecule has 0 fully saturated rings. The number of rotatable bonds is 2. The minimum atomic E-state index is 0. The number of aryl methyl sites for hydroxylation is 2. The van der Waals surface area contributed by atoms with E-state index in [0.717, 1.165) is 68.1 Å². The zero-order valence-electron chi connectivity index (χ0n) is 31.9. The van der Waals surface area contributed by atoms with Crippen molar-refractivity contribution in [2.75, 3.05) is 33.7 Å². The van der Waals surface area contributed by atoms with Gasteiger partial charge in [0.15, 0.2) is 0 Å². The summed E-state index contributed by atoms with van der Waals surface area (Å²) in [6.07, 6.45) is 0. The minimum absolute atomic E-state index is 0. The minimum Gasteiger partial charge on any atom is -0.493 e. The van der Waals surface area contributed by atoms with Crippen LogP contribution in [-0.4, -0.2) is 54.2 Å². The molecule has 0 saturated heterocycles. The zero-order chi connectivity index (χ0) is 39.0. The van der Waals surface area contributed by atoms with E-state index in [1.807, 2.05) is 170 Å². The number of hydrogen-bond acceptors (Lipinski definition) is 12. The average molecular weight is 1130 g/mol. The third kappa shape index (κ3) is 10.3. The molecule has 0 bridgehead atoms. The van der Waals surface area contributed by atoms with Crippen LogP contribution < -0.4 is 19.6 Å². The molecule has 8 aromatic rings. The molecular weight excluding hydrogens is 1090 g/mol. The summed E-state index contributed by atoms with van der Waals surface area (Å²) in [4.78, 5) is 34.3. The molecule has 296 valence electrons. The van der Waals surface area contributed by atoms with Crippen molar-refractivity contribution >= 4 is 56.7 Å². The molecule has 2 aliphatic heterocycles. The number of anilines is 6. The molecule has 0 radical (unpaired) electrons. The summed E-state index contributed by atoms with van der Waals surface area (Å²) in [5.74, 6) is 3.58. The Morgan fingerprint density at radius 1 is 0.431 bits per heavy atom. The van der Waals surface area contributed by atoms with Gasteiger partial charge in [0.2, 0.25) is 11.8 Å². The van der Waals surface area contributed by atoms with Gasteiger partial charge in [-0.1, -0.05) is 36.4 Å². The van der Waals surface area contributed by atoms with Gasteiger partial charge in [0.05, 0.1) is 22.1 Å². The van der Waals surface area contributed by atoms with Crippen LogP contribution in [0.4, 0.5) is 34.6 Å². The van der Waals surface area contributed by atoms with Crippen LogP contribution in [-0.2, 0) is 42.1 Å². The van der Waals surface area contributed by atoms with Gasteiger partial charge in [0.25, 0.3) is 0 Å². The third-order valence-electron chi connectivity index (χ3n) is 8.42. The molecular formula is C44H38N10O2Pt2. The van der Waals surface area contributed by atoms with Crippen molar-refractivity contribution in [2.45, 2.75) is 13.8 Å². The van der Waals surface area contributed by atoms with Gasteiger partial charge in [-0.3, -0.25) is 0 Å². The molecule has 6 heterocycles. The van der Waals surface area contributed by atoms with E-state index in [1.54, 1.807) is 24.3 Å². The molecule has 2 N–H and O–H groups in total. The van der Waals surface area contributed by atoms with Crippen molar-refractivity contribution in [1.82, 2.24) is 29.9 Å². The van der Waals surface area contributed by atoms with Crippen molar-refractivity contribution in [3.63, 3.8) is 0 Å². The summed E-state index contributed by atoms with van der Waals surface area (Å²) < 4.78 is 0. The third-order valence-corrected chi connectivity index (χ3v) is 8.42. The summed E-state index contributed by atoms with van der Waals surface area (Å²) in [5, 5.41) is 17.4. The van der Waals surface area contributed by atoms with Crippen LogP contribution in [0, 0.1) is 39.3 Å². The Morgan fingerprint density at radius 2 is 0.776 bits per heavy atom. The SMILES string of the molecule is CN1[CH-]N(c2[c-]cccc2)c2nc3ccccc3nc21.CN1[CH-]N(c2[c-]cccc2)c2nc3ccccc3nc21.Cc1cccc(O)n1.Cc1cccc(O)n1.[Pt+2].[Pt+2]. The second-order valence-electron chi connectivity index (χ2n) is 12.7. The summed E-state index contributed by atoms with van der Waals surface area (Å²) in [5.41, 5.74) is 7.21. The van der Waals surface area contributed by atoms with Crippen LogP contribution in [0.2, 0.25) is 0 Å². The number of para-hydroxylation sites is 6. The van der Waals surface area contributed by atoms with Crippen LogP contribution in [0.25, 0.3) is 22.1 Å². The standard InChI is InChI=1S/2C16H12N4.2C6H7NO.2Pt/c2*1-19-11-20(12-7-3-2-4-8-12)16-15(19)17-13-9-5-6-10-14(13)18-16;2*1-5-3-2-4-6(8)7-5;;/h2*2-7,9-11H,1H3;2*2-4H,1H3,(H,7,8);;/q2*-2;;;2*+2. The van der Waals surface area contributed by atoms with Crippen molar-refractivity contribution in [3.8, 4) is 11.8 Å². The van der Waals surface area contributed by atoms with E-state index in [2.05, 4.69) is 32.1 Å². The Balaban J connectivity index is 0.000000158. The van der Waals surface area contributed by atoms with E-state index in [-0.39, 0.29) is 53.9 Å². The Kier molecular flexibility index (Phi) is 14.8. The molecule has 0 atom stereocenters. The number of benzene rings is 4. The summed E-state index contributed by atoms with van der Waals surface area (Å²) in [7, 11) is 3.95. The van der Waals surface area contributed by atoms with Crippen LogP contribution in [0.5, 0.6) is 11.8 Å². The number of aromatic nitrogens is 6. The number of pyridine rings is 2. The normalized spacial score (nSPS) is 12.1. The molecule has 4 aromatic carbocycles. The first-order valence-electron chi connectivity index (χ1n) is 17.7. The van der Waals surface area contributed by atoms with Crippen LogP contribution in [0.3, 0.4) is 0 Å². The monoisotopic (exact) mass is 1130 g/mol. The van der Waals surface area contributed by atoms with Gasteiger partial charge in [-0.05, 0) is 64.3 Å². The molecule has 0 amide bonds. The Labute approximate surface area is 366 Å². The van der Waals surface area contributed by atoms with Gasteiger partial charge >= 0.3 is 42.1 Å². The maximum absolute atomic E-state index is 8.70. The van der Waals surface area contributed by atoms with Gasteiger partial charge in [-0.2, -0.15) is 60.7 Å². The van der Waals surface area contributed by atoms with E-state index in [9.17, 15) is 0 Å². The van der Waals surface area contributed by atoms with Gasteiger partial charge < -0.3 is 29.8 Å². The Hall–Kier alpha value is -5.96. The number of fused-ring (bicyclic) bond motifs is 4. The summed E-state index contributed by atoms with van der Waals surface area (Å²) in [6, 6.07) is 48.3. The zero-order valence-corrected chi connectivity index (χ0v) is 36.4. The predicted octanol–water partition coefficient (Wildman–Crippen LogP) is 8.46. The molecule has 10 rings (SSSR count). The van der Waals surface area contributed by atoms with Crippen molar-refractivity contribution in [1.29, 1.82) is 0 Å². The molecule has 12 nitrogen and oxygen atoms in total. The van der Waals surface area contributed by atoms with E-state index in [1.165, 1.54) is 0 Å². The van der Waals surface area contributed by atoms with Crippen LogP contribution in [0.1, 0.15) is 11.4 Å². The van der Waals surface area contributed by atoms with Crippen molar-refractivity contribution in [3.05, 3.63) is 170 Å². The topological polar surface area (TPSA) is 131 Å². The molecule has 0 unspecified atom stereocenters. The van der Waals surface area contributed by atoms with E-state index >= 15 is 0 Å². The van der Waals surface area contributed by atoms with E-state index in [0.29, 0.717) is 0 Å². The quantitative estimate of drug-likeness (QED) is 0.161. The molecule has 14 heteroatoms. The smallest absolute Gasteiger partial charge is 0.493 e. The average Bonchev–Trinajstić information content (AvgIpc) is 3.72. The second-order valence-corrected chi connectivity index (χ2v) is 12.7. The fourth-order valence-electron chi connectivity index (χ4n) is 5.80. The fourth-order valence-corrected chi connectivity index (χ4v) is 5.80. The summed E-state index contributed by atoms with van der Waals surface area (Å²) in [6.45, 7) is 7.63. The summed E-state index contributed by atoms with van der Waals surface area (Å²) >= 11 is 0. The van der Waals surface area contributed by atoms with Gasteiger partial charge in [-0.25, -0.2) is 29.9 Å². The largest absolute Gasteiger partial charge is 2.00 e. The fraction of sp³-hybridized carbons (Fsp3) is 0.0909. The molecule has 0 spiro atoms. The molecule has 2 aliphatic rings. The second kappa shape index (κ2) is 19.9. The molecule has 58 heavy (non-hydrogen) atoms. The van der Waals surface area contributed by atoms with Crippen molar-refractivity contribution < 1.29 is 52.3 Å². The maximum Gasteiger partial charge on any atom is 2.00 e. The van der Waals surface area contributed by atoms with Crippen LogP contribution in [0.15, 0.2) is 133 Å². The number of nitrogens with zero attached hydrogens (tertiary/aromatic N) is 10. The molecule has 0 aliphatic carbocycles. The first-order chi connectivity index (χ1) is 27.2. The van der Waals surface area contributed by atoms with Crippen LogP contribution >= 0.6 is 0 Å². The Bertz CT molecular complexity index is 2360. The van der Waals surface area contributed by atoms with Crippen molar-refractivity contribution in [2.24, 2.45) is 0 Å². The van der Waals surface area contributed by atoms with Gasteiger partial charge in [-0.15, -0.1) is 24.7 Å². The predicted molar refractivity (Wildman–Crippen MR) is 221 cm³/mol.